The zero-order valence-electron chi connectivity index (χ0n) is 13.3. The number of fused-ring (bicyclic) bond motifs is 4. The molecule has 22 heavy (non-hydrogen) atoms. The average Bonchev–Trinajstić information content (AvgIpc) is 2.85. The van der Waals surface area contributed by atoms with Gasteiger partial charge in [0.25, 0.3) is 0 Å². The highest BCUT2D eigenvalue weighted by atomic mass is 15.2. The normalized spacial score (nSPS) is 36.3. The zero-order chi connectivity index (χ0) is 14.8. The van der Waals surface area contributed by atoms with Crippen molar-refractivity contribution in [3.8, 4) is 0 Å². The highest BCUT2D eigenvalue weighted by Crippen LogP contribution is 2.51. The van der Waals surface area contributed by atoms with E-state index in [1.165, 1.54) is 55.4 Å². The Labute approximate surface area is 131 Å². The van der Waals surface area contributed by atoms with Gasteiger partial charge < -0.3 is 10.7 Å². The van der Waals surface area contributed by atoms with E-state index < -0.39 is 0 Å². The van der Waals surface area contributed by atoms with Gasteiger partial charge in [0.1, 0.15) is 0 Å². The lowest BCUT2D eigenvalue weighted by Crippen LogP contribution is -2.56. The second kappa shape index (κ2) is 4.51. The Balaban J connectivity index is 1.69. The summed E-state index contributed by atoms with van der Waals surface area (Å²) in [6, 6.07) is 7.12. The van der Waals surface area contributed by atoms with E-state index in [1.54, 1.807) is 5.56 Å². The van der Waals surface area contributed by atoms with Gasteiger partial charge in [0.2, 0.25) is 0 Å². The van der Waals surface area contributed by atoms with Gasteiger partial charge in [-0.1, -0.05) is 13.3 Å². The minimum Gasteiger partial charge on any atom is -0.399 e. The second-order valence-electron chi connectivity index (χ2n) is 7.67. The number of nitrogens with one attached hydrogen (secondary N) is 1. The van der Waals surface area contributed by atoms with E-state index in [9.17, 15) is 0 Å². The highest BCUT2D eigenvalue weighted by molar-refractivity contribution is 5.87. The molecule has 3 N–H and O–H groups in total. The number of hydrogen-bond acceptors (Lipinski definition) is 2. The predicted octanol–water partition coefficient (Wildman–Crippen LogP) is 3.51. The lowest BCUT2D eigenvalue weighted by atomic mass is 9.65. The van der Waals surface area contributed by atoms with Crippen LogP contribution >= 0.6 is 0 Å². The van der Waals surface area contributed by atoms with Crippen LogP contribution in [0, 0.1) is 11.8 Å². The first kappa shape index (κ1) is 13.0. The maximum Gasteiger partial charge on any atom is 0.0460 e. The number of piperidine rings is 2. The molecule has 2 aromatic rings. The fourth-order valence-corrected chi connectivity index (χ4v) is 5.71. The lowest BCUT2D eigenvalue weighted by molar-refractivity contribution is -0.0134. The van der Waals surface area contributed by atoms with E-state index in [4.69, 9.17) is 5.73 Å². The maximum atomic E-state index is 6.04. The van der Waals surface area contributed by atoms with Gasteiger partial charge in [0.05, 0.1) is 0 Å². The van der Waals surface area contributed by atoms with Crippen LogP contribution in [0.4, 0.5) is 5.69 Å². The van der Waals surface area contributed by atoms with Crippen LogP contribution in [-0.2, 0) is 6.42 Å². The van der Waals surface area contributed by atoms with Crippen molar-refractivity contribution in [2.45, 2.75) is 44.6 Å². The van der Waals surface area contributed by atoms with Crippen LogP contribution in [0.1, 0.15) is 43.4 Å². The molecule has 2 saturated heterocycles. The number of benzene rings is 1. The number of H-pyrrole nitrogens is 1. The van der Waals surface area contributed by atoms with Crippen molar-refractivity contribution in [1.29, 1.82) is 0 Å². The summed E-state index contributed by atoms with van der Waals surface area (Å²) in [5, 5.41) is 1.37. The largest absolute Gasteiger partial charge is 0.399 e. The Morgan fingerprint density at radius 3 is 3.09 bits per heavy atom. The van der Waals surface area contributed by atoms with Gasteiger partial charge >= 0.3 is 0 Å². The van der Waals surface area contributed by atoms with E-state index in [2.05, 4.69) is 28.9 Å². The van der Waals surface area contributed by atoms with E-state index in [1.807, 2.05) is 6.07 Å². The number of hydrogen-bond donors (Lipinski definition) is 2. The van der Waals surface area contributed by atoms with Crippen molar-refractivity contribution < 1.29 is 0 Å². The first-order chi connectivity index (χ1) is 10.7. The average molecular weight is 295 g/mol. The molecule has 116 valence electrons. The molecule has 1 aromatic heterocycles. The molecule has 1 aliphatic carbocycles. The molecular weight excluding hydrogens is 270 g/mol. The summed E-state index contributed by atoms with van der Waals surface area (Å²) in [4.78, 5) is 6.59. The van der Waals surface area contributed by atoms with Crippen LogP contribution in [0.25, 0.3) is 10.9 Å². The summed E-state index contributed by atoms with van der Waals surface area (Å²) < 4.78 is 0. The van der Waals surface area contributed by atoms with E-state index in [0.29, 0.717) is 5.92 Å². The molecule has 1 aromatic carbocycles. The first-order valence-electron chi connectivity index (χ1n) is 8.88. The summed E-state index contributed by atoms with van der Waals surface area (Å²) in [6.45, 7) is 4.94. The molecule has 2 unspecified atom stereocenters. The number of aromatic amines is 1. The zero-order valence-corrected chi connectivity index (χ0v) is 13.3. The monoisotopic (exact) mass is 295 g/mol. The fourth-order valence-electron chi connectivity index (χ4n) is 5.71. The highest BCUT2D eigenvalue weighted by Gasteiger charge is 2.48. The van der Waals surface area contributed by atoms with Crippen molar-refractivity contribution in [1.82, 2.24) is 9.88 Å². The van der Waals surface area contributed by atoms with Gasteiger partial charge in [-0.15, -0.1) is 0 Å². The Kier molecular flexibility index (Phi) is 2.67. The predicted molar refractivity (Wildman–Crippen MR) is 91.0 cm³/mol. The Hall–Kier alpha value is -1.48. The van der Waals surface area contributed by atoms with Gasteiger partial charge in [0, 0.05) is 47.3 Å². The van der Waals surface area contributed by atoms with Gasteiger partial charge in [-0.2, -0.15) is 0 Å². The van der Waals surface area contributed by atoms with E-state index >= 15 is 0 Å². The molecule has 3 fully saturated rings. The number of nitrogens with two attached hydrogens (primary N) is 1. The third-order valence-electron chi connectivity index (χ3n) is 6.54. The number of aromatic nitrogens is 1. The van der Waals surface area contributed by atoms with Crippen LogP contribution in [0.15, 0.2) is 18.2 Å². The summed E-state index contributed by atoms with van der Waals surface area (Å²) >= 11 is 0. The van der Waals surface area contributed by atoms with Gasteiger partial charge in [0.15, 0.2) is 0 Å². The molecule has 0 spiro atoms. The van der Waals surface area contributed by atoms with Gasteiger partial charge in [-0.05, 0) is 54.9 Å². The van der Waals surface area contributed by atoms with Crippen LogP contribution in [0.3, 0.4) is 0 Å². The summed E-state index contributed by atoms with van der Waals surface area (Å²) in [6.07, 6.45) is 5.34. The van der Waals surface area contributed by atoms with Crippen molar-refractivity contribution in [3.63, 3.8) is 0 Å². The Morgan fingerprint density at radius 2 is 2.23 bits per heavy atom. The maximum absolute atomic E-state index is 6.04. The number of nitrogen functional groups attached to an aromatic ring is 1. The van der Waals surface area contributed by atoms with Crippen LogP contribution in [-0.4, -0.2) is 29.0 Å². The Morgan fingerprint density at radius 1 is 1.32 bits per heavy atom. The molecular formula is C19H25N3. The van der Waals surface area contributed by atoms with Crippen molar-refractivity contribution in [3.05, 3.63) is 29.5 Å². The van der Waals surface area contributed by atoms with Crippen LogP contribution in [0.5, 0.6) is 0 Å². The third-order valence-corrected chi connectivity index (χ3v) is 6.54. The van der Waals surface area contributed by atoms with E-state index in [0.717, 1.165) is 23.6 Å². The second-order valence-corrected chi connectivity index (χ2v) is 7.67. The van der Waals surface area contributed by atoms with Gasteiger partial charge in [-0.25, -0.2) is 0 Å². The molecule has 1 saturated carbocycles. The molecule has 4 aliphatic rings. The quantitative estimate of drug-likeness (QED) is 0.791. The molecule has 0 radical (unpaired) electrons. The molecule has 3 aliphatic heterocycles. The summed E-state index contributed by atoms with van der Waals surface area (Å²) in [7, 11) is 0. The van der Waals surface area contributed by atoms with Crippen molar-refractivity contribution in [2.24, 2.45) is 11.8 Å². The first-order valence-corrected chi connectivity index (χ1v) is 8.88. The summed E-state index contributed by atoms with van der Waals surface area (Å²) in [5.41, 5.74) is 11.3. The number of nitrogens with zero attached hydrogens (tertiary/aromatic N) is 1. The molecule has 3 heteroatoms. The molecule has 6 rings (SSSR count). The topological polar surface area (TPSA) is 45.1 Å². The lowest BCUT2D eigenvalue weighted by Gasteiger charge is -2.53. The van der Waals surface area contributed by atoms with E-state index in [-0.39, 0.29) is 0 Å². The number of anilines is 1. The molecule has 4 bridgehead atoms. The minimum absolute atomic E-state index is 0.712. The Bertz CT molecular complexity index is 732. The molecule has 0 amide bonds. The van der Waals surface area contributed by atoms with Crippen LogP contribution < -0.4 is 5.73 Å². The van der Waals surface area contributed by atoms with Crippen molar-refractivity contribution >= 4 is 16.6 Å². The molecule has 4 heterocycles. The van der Waals surface area contributed by atoms with Gasteiger partial charge in [-0.3, -0.25) is 4.90 Å². The fraction of sp³-hybridized carbons (Fsp3) is 0.579. The molecule has 5 atom stereocenters. The smallest absolute Gasteiger partial charge is 0.0460 e. The molecule has 3 nitrogen and oxygen atoms in total. The number of rotatable bonds is 1. The third kappa shape index (κ3) is 1.66. The SMILES string of the molecule is CC[C@H]1C[C@H]2C[C@H]3c4[nH]c5ccc(N)cc5c4CCN(C2)C13. The van der Waals surface area contributed by atoms with Crippen molar-refractivity contribution in [2.75, 3.05) is 18.8 Å². The standard InChI is InChI=1S/C19H25N3/c1-2-12-7-11-8-16-18-14(5-6-22(10-11)19(12)16)15-9-13(20)3-4-17(15)21-18/h3-4,9,11-12,16,19,21H,2,5-8,10,20H2,1H3/t11-,12-,16-,19?/m0/s1. The summed E-state index contributed by atoms with van der Waals surface area (Å²) in [5.74, 6) is 2.51. The van der Waals surface area contributed by atoms with Crippen LogP contribution in [0.2, 0.25) is 0 Å². The minimum atomic E-state index is 0.712.